The first-order valence-electron chi connectivity index (χ1n) is 6.09. The Morgan fingerprint density at radius 3 is 3.10 bits per heavy atom. The molecule has 7 heteroatoms. The minimum atomic E-state index is -0.445. The van der Waals surface area contributed by atoms with Crippen LogP contribution in [0.1, 0.15) is 5.69 Å². The van der Waals surface area contributed by atoms with E-state index in [1.165, 1.54) is 18.4 Å². The lowest BCUT2D eigenvalue weighted by molar-refractivity contribution is -0.384. The molecule has 0 unspecified atom stereocenters. The van der Waals surface area contributed by atoms with Gasteiger partial charge in [0.2, 0.25) is 5.89 Å². The van der Waals surface area contributed by atoms with Crippen molar-refractivity contribution in [3.8, 4) is 11.5 Å². The number of non-ortho nitro benzene ring substituents is 1. The third-order valence-electron chi connectivity index (χ3n) is 2.64. The van der Waals surface area contributed by atoms with Crippen molar-refractivity contribution in [3.63, 3.8) is 0 Å². The van der Waals surface area contributed by atoms with Crippen LogP contribution in [0.15, 0.2) is 34.9 Å². The second-order valence-electron chi connectivity index (χ2n) is 4.12. The van der Waals surface area contributed by atoms with Crippen LogP contribution < -0.4 is 5.32 Å². The van der Waals surface area contributed by atoms with Crippen molar-refractivity contribution in [1.29, 1.82) is 0 Å². The van der Waals surface area contributed by atoms with Gasteiger partial charge in [-0.05, 0) is 6.07 Å². The monoisotopic (exact) mass is 277 g/mol. The summed E-state index contributed by atoms with van der Waals surface area (Å²) in [6.45, 7) is 1.90. The van der Waals surface area contributed by atoms with Crippen LogP contribution in [0.3, 0.4) is 0 Å². The highest BCUT2D eigenvalue weighted by Crippen LogP contribution is 2.23. The number of rotatable bonds is 7. The second-order valence-corrected chi connectivity index (χ2v) is 4.12. The molecule has 0 bridgehead atoms. The number of hydrogen-bond acceptors (Lipinski definition) is 6. The zero-order valence-corrected chi connectivity index (χ0v) is 11.0. The number of aromatic nitrogens is 1. The van der Waals surface area contributed by atoms with E-state index in [1.807, 2.05) is 0 Å². The lowest BCUT2D eigenvalue weighted by atomic mass is 10.2. The summed E-state index contributed by atoms with van der Waals surface area (Å²) in [5.74, 6) is 0.372. The Bertz CT molecular complexity index is 583. The number of ether oxygens (including phenoxy) is 1. The van der Waals surface area contributed by atoms with Crippen LogP contribution >= 0.6 is 0 Å². The van der Waals surface area contributed by atoms with Gasteiger partial charge in [-0.15, -0.1) is 0 Å². The first-order chi connectivity index (χ1) is 9.70. The van der Waals surface area contributed by atoms with E-state index >= 15 is 0 Å². The molecule has 2 rings (SSSR count). The largest absolute Gasteiger partial charge is 0.444 e. The summed E-state index contributed by atoms with van der Waals surface area (Å²) in [5.41, 5.74) is 1.34. The van der Waals surface area contributed by atoms with Crippen molar-refractivity contribution in [1.82, 2.24) is 10.3 Å². The van der Waals surface area contributed by atoms with Crippen LogP contribution in [-0.4, -0.2) is 30.2 Å². The van der Waals surface area contributed by atoms with Gasteiger partial charge in [0.05, 0.1) is 17.2 Å². The second kappa shape index (κ2) is 6.78. The van der Waals surface area contributed by atoms with Gasteiger partial charge in [-0.2, -0.15) is 0 Å². The van der Waals surface area contributed by atoms with Gasteiger partial charge in [0, 0.05) is 37.9 Å². The third-order valence-corrected chi connectivity index (χ3v) is 2.64. The summed E-state index contributed by atoms with van der Waals surface area (Å²) in [6.07, 6.45) is 1.54. The lowest BCUT2D eigenvalue weighted by Crippen LogP contribution is -2.18. The van der Waals surface area contributed by atoms with Crippen molar-refractivity contribution in [2.75, 3.05) is 20.3 Å². The molecule has 0 fully saturated rings. The number of nitro benzene ring substituents is 1. The molecule has 106 valence electrons. The smallest absolute Gasteiger partial charge is 0.270 e. The number of hydrogen-bond donors (Lipinski definition) is 1. The van der Waals surface area contributed by atoms with Crippen molar-refractivity contribution in [2.24, 2.45) is 0 Å². The molecule has 0 radical (unpaired) electrons. The Morgan fingerprint density at radius 2 is 2.35 bits per heavy atom. The fourth-order valence-electron chi connectivity index (χ4n) is 1.66. The number of nitrogens with one attached hydrogen (secondary N) is 1. The van der Waals surface area contributed by atoms with Gasteiger partial charge in [0.25, 0.3) is 5.69 Å². The standard InChI is InChI=1S/C13H15N3O4/c1-19-6-5-14-8-11-9-20-13(15-11)10-3-2-4-12(7-10)16(17)18/h2-4,7,9,14H,5-6,8H2,1H3. The number of nitro groups is 1. The van der Waals surface area contributed by atoms with Crippen molar-refractivity contribution in [2.45, 2.75) is 6.54 Å². The Balaban J connectivity index is 2.04. The minimum Gasteiger partial charge on any atom is -0.444 e. The Hall–Kier alpha value is -2.25. The van der Waals surface area contributed by atoms with Crippen LogP contribution in [-0.2, 0) is 11.3 Å². The highest BCUT2D eigenvalue weighted by Gasteiger charge is 2.11. The van der Waals surface area contributed by atoms with E-state index in [-0.39, 0.29) is 5.69 Å². The predicted molar refractivity (Wildman–Crippen MR) is 72.2 cm³/mol. The fourth-order valence-corrected chi connectivity index (χ4v) is 1.66. The zero-order chi connectivity index (χ0) is 14.4. The average Bonchev–Trinajstić information content (AvgIpc) is 2.92. The first kappa shape index (κ1) is 14.2. The molecule has 0 saturated heterocycles. The molecule has 0 aliphatic rings. The van der Waals surface area contributed by atoms with Crippen LogP contribution in [0, 0.1) is 10.1 Å². The number of methoxy groups -OCH3 is 1. The maximum absolute atomic E-state index is 10.7. The van der Waals surface area contributed by atoms with Crippen LogP contribution in [0.4, 0.5) is 5.69 Å². The molecular weight excluding hydrogens is 262 g/mol. The van der Waals surface area contributed by atoms with Crippen molar-refractivity contribution >= 4 is 5.69 Å². The van der Waals surface area contributed by atoms with E-state index in [4.69, 9.17) is 9.15 Å². The first-order valence-corrected chi connectivity index (χ1v) is 6.09. The van der Waals surface area contributed by atoms with Crippen molar-refractivity contribution < 1.29 is 14.1 Å². The third kappa shape index (κ3) is 3.62. The molecule has 0 amide bonds. The van der Waals surface area contributed by atoms with E-state index in [9.17, 15) is 10.1 Å². The SMILES string of the molecule is COCCNCc1coc(-c2cccc([N+](=O)[O-])c2)n1. The average molecular weight is 277 g/mol. The Kier molecular flexibility index (Phi) is 4.80. The van der Waals surface area contributed by atoms with E-state index in [0.717, 1.165) is 12.2 Å². The maximum Gasteiger partial charge on any atom is 0.270 e. The van der Waals surface area contributed by atoms with Gasteiger partial charge in [-0.1, -0.05) is 6.07 Å². The molecule has 0 spiro atoms. The highest BCUT2D eigenvalue weighted by molar-refractivity contribution is 5.57. The molecule has 7 nitrogen and oxygen atoms in total. The predicted octanol–water partition coefficient (Wildman–Crippen LogP) is 1.99. The molecule has 1 heterocycles. The van der Waals surface area contributed by atoms with Gasteiger partial charge in [-0.25, -0.2) is 4.98 Å². The molecule has 1 aromatic carbocycles. The summed E-state index contributed by atoms with van der Waals surface area (Å²) in [4.78, 5) is 14.6. The van der Waals surface area contributed by atoms with E-state index < -0.39 is 4.92 Å². The number of oxazole rings is 1. The summed E-state index contributed by atoms with van der Waals surface area (Å²) in [6, 6.07) is 6.20. The van der Waals surface area contributed by atoms with Gasteiger partial charge < -0.3 is 14.5 Å². The molecular formula is C13H15N3O4. The van der Waals surface area contributed by atoms with Gasteiger partial charge in [0.15, 0.2) is 0 Å². The van der Waals surface area contributed by atoms with Gasteiger partial charge >= 0.3 is 0 Å². The number of nitrogens with zero attached hydrogens (tertiary/aromatic N) is 2. The van der Waals surface area contributed by atoms with E-state index in [0.29, 0.717) is 24.6 Å². The molecule has 1 N–H and O–H groups in total. The molecule has 0 aliphatic heterocycles. The summed E-state index contributed by atoms with van der Waals surface area (Å²) in [5, 5.41) is 13.9. The maximum atomic E-state index is 10.7. The molecule has 0 saturated carbocycles. The van der Waals surface area contributed by atoms with Crippen LogP contribution in [0.25, 0.3) is 11.5 Å². The fraction of sp³-hybridized carbons (Fsp3) is 0.308. The molecule has 0 aliphatic carbocycles. The zero-order valence-electron chi connectivity index (χ0n) is 11.0. The summed E-state index contributed by atoms with van der Waals surface area (Å²) in [7, 11) is 1.64. The normalized spacial score (nSPS) is 10.7. The molecule has 2 aromatic rings. The quantitative estimate of drug-likeness (QED) is 0.473. The van der Waals surface area contributed by atoms with E-state index in [2.05, 4.69) is 10.3 Å². The highest BCUT2D eigenvalue weighted by atomic mass is 16.6. The van der Waals surface area contributed by atoms with E-state index in [1.54, 1.807) is 19.2 Å². The molecule has 1 aromatic heterocycles. The lowest BCUT2D eigenvalue weighted by Gasteiger charge is -1.99. The van der Waals surface area contributed by atoms with Crippen molar-refractivity contribution in [3.05, 3.63) is 46.3 Å². The molecule has 20 heavy (non-hydrogen) atoms. The molecule has 0 atom stereocenters. The van der Waals surface area contributed by atoms with Crippen LogP contribution in [0.2, 0.25) is 0 Å². The summed E-state index contributed by atoms with van der Waals surface area (Å²) < 4.78 is 10.3. The Labute approximate surface area is 115 Å². The Morgan fingerprint density at radius 1 is 1.50 bits per heavy atom. The number of benzene rings is 1. The van der Waals surface area contributed by atoms with Crippen LogP contribution in [0.5, 0.6) is 0 Å². The van der Waals surface area contributed by atoms with Gasteiger partial charge in [-0.3, -0.25) is 10.1 Å². The topological polar surface area (TPSA) is 90.4 Å². The summed E-state index contributed by atoms with van der Waals surface area (Å²) >= 11 is 0. The van der Waals surface area contributed by atoms with Gasteiger partial charge in [0.1, 0.15) is 6.26 Å². The minimum absolute atomic E-state index is 0.0143.